The Hall–Kier alpha value is -1.06. The van der Waals surface area contributed by atoms with Crippen molar-refractivity contribution in [3.05, 3.63) is 58.3 Å². The van der Waals surface area contributed by atoms with E-state index in [0.717, 1.165) is 5.56 Å². The van der Waals surface area contributed by atoms with Gasteiger partial charge in [0, 0.05) is 11.9 Å². The molecule has 0 N–H and O–H groups in total. The van der Waals surface area contributed by atoms with Crippen molar-refractivity contribution < 1.29 is 9.13 Å². The van der Waals surface area contributed by atoms with Crippen LogP contribution in [-0.4, -0.2) is 0 Å². The summed E-state index contributed by atoms with van der Waals surface area (Å²) in [5.41, 5.74) is 0.960. The van der Waals surface area contributed by atoms with Crippen LogP contribution in [0, 0.1) is 5.82 Å². The Bertz CT molecular complexity index is 531. The third-order valence-corrected chi connectivity index (χ3v) is 3.13. The van der Waals surface area contributed by atoms with Crippen molar-refractivity contribution in [2.75, 3.05) is 0 Å². The van der Waals surface area contributed by atoms with E-state index in [-0.39, 0.29) is 5.82 Å². The van der Waals surface area contributed by atoms with Gasteiger partial charge in [-0.2, -0.15) is 0 Å². The summed E-state index contributed by atoms with van der Waals surface area (Å²) in [6.07, 6.45) is 0. The highest BCUT2D eigenvalue weighted by atomic mass is 79.9. The van der Waals surface area contributed by atoms with Crippen LogP contribution in [0.5, 0.6) is 11.5 Å². The van der Waals surface area contributed by atoms with Crippen molar-refractivity contribution in [1.29, 1.82) is 0 Å². The normalized spacial score (nSPS) is 10.3. The molecule has 2 rings (SSSR count). The highest BCUT2D eigenvalue weighted by Crippen LogP contribution is 2.26. The second-order valence-corrected chi connectivity index (χ2v) is 4.58. The van der Waals surface area contributed by atoms with Gasteiger partial charge in [0.15, 0.2) is 0 Å². The third-order valence-electron chi connectivity index (χ3n) is 2.18. The molecule has 0 saturated heterocycles. The molecule has 0 aliphatic rings. The average molecular weight is 316 g/mol. The SMILES string of the molecule is Fc1cc(Oc2cccc(CCl)c2)ccc1Br. The first-order valence-corrected chi connectivity index (χ1v) is 6.29. The maximum absolute atomic E-state index is 13.3. The molecule has 0 atom stereocenters. The van der Waals surface area contributed by atoms with Gasteiger partial charge in [-0.15, -0.1) is 11.6 Å². The molecule has 1 nitrogen and oxygen atoms in total. The molecule has 0 amide bonds. The van der Waals surface area contributed by atoms with E-state index in [0.29, 0.717) is 21.9 Å². The minimum atomic E-state index is -0.351. The Morgan fingerprint density at radius 1 is 1.12 bits per heavy atom. The lowest BCUT2D eigenvalue weighted by molar-refractivity contribution is 0.476. The van der Waals surface area contributed by atoms with Gasteiger partial charge in [0.05, 0.1) is 4.47 Å². The van der Waals surface area contributed by atoms with Crippen molar-refractivity contribution in [3.63, 3.8) is 0 Å². The van der Waals surface area contributed by atoms with E-state index in [4.69, 9.17) is 16.3 Å². The molecule has 0 spiro atoms. The number of rotatable bonds is 3. The molecule has 2 aromatic carbocycles. The predicted molar refractivity (Wildman–Crippen MR) is 70.2 cm³/mol. The zero-order chi connectivity index (χ0) is 12.3. The number of halogens is 3. The second-order valence-electron chi connectivity index (χ2n) is 3.46. The highest BCUT2D eigenvalue weighted by Gasteiger charge is 2.03. The first-order valence-electron chi connectivity index (χ1n) is 4.97. The average Bonchev–Trinajstić information content (AvgIpc) is 2.34. The molecular formula is C13H9BrClFO. The molecule has 4 heteroatoms. The van der Waals surface area contributed by atoms with Gasteiger partial charge in [-0.25, -0.2) is 4.39 Å². The van der Waals surface area contributed by atoms with Crippen LogP contribution in [0.3, 0.4) is 0 Å². The first kappa shape index (κ1) is 12.4. The molecule has 0 aromatic heterocycles. The highest BCUT2D eigenvalue weighted by molar-refractivity contribution is 9.10. The van der Waals surface area contributed by atoms with E-state index in [1.165, 1.54) is 6.07 Å². The van der Waals surface area contributed by atoms with Crippen LogP contribution in [0.4, 0.5) is 4.39 Å². The summed E-state index contributed by atoms with van der Waals surface area (Å²) < 4.78 is 19.2. The Balaban J connectivity index is 2.22. The predicted octanol–water partition coefficient (Wildman–Crippen LogP) is 5.12. The van der Waals surface area contributed by atoms with Crippen molar-refractivity contribution in [2.45, 2.75) is 5.88 Å². The number of hydrogen-bond donors (Lipinski definition) is 0. The lowest BCUT2D eigenvalue weighted by atomic mass is 10.2. The molecule has 88 valence electrons. The zero-order valence-corrected chi connectivity index (χ0v) is 11.1. The molecule has 0 saturated carbocycles. The lowest BCUT2D eigenvalue weighted by Crippen LogP contribution is -1.87. The number of hydrogen-bond acceptors (Lipinski definition) is 1. The molecular weight excluding hydrogens is 306 g/mol. The molecule has 0 fully saturated rings. The fourth-order valence-electron chi connectivity index (χ4n) is 1.37. The van der Waals surface area contributed by atoms with Crippen LogP contribution in [-0.2, 0) is 5.88 Å². The van der Waals surface area contributed by atoms with Crippen molar-refractivity contribution in [2.24, 2.45) is 0 Å². The summed E-state index contributed by atoms with van der Waals surface area (Å²) >= 11 is 8.82. The number of ether oxygens (including phenoxy) is 1. The molecule has 0 aliphatic heterocycles. The molecule has 2 aromatic rings. The smallest absolute Gasteiger partial charge is 0.141 e. The largest absolute Gasteiger partial charge is 0.457 e. The van der Waals surface area contributed by atoms with E-state index >= 15 is 0 Å². The van der Waals surface area contributed by atoms with Crippen LogP contribution in [0.15, 0.2) is 46.9 Å². The Morgan fingerprint density at radius 3 is 2.59 bits per heavy atom. The fourth-order valence-corrected chi connectivity index (χ4v) is 1.78. The van der Waals surface area contributed by atoms with Crippen LogP contribution in [0.2, 0.25) is 0 Å². The van der Waals surface area contributed by atoms with Gasteiger partial charge >= 0.3 is 0 Å². The minimum Gasteiger partial charge on any atom is -0.457 e. The summed E-state index contributed by atoms with van der Waals surface area (Å²) in [6, 6.07) is 12.0. The monoisotopic (exact) mass is 314 g/mol. The maximum Gasteiger partial charge on any atom is 0.141 e. The molecule has 0 radical (unpaired) electrons. The summed E-state index contributed by atoms with van der Waals surface area (Å²) in [5, 5.41) is 0. The minimum absolute atomic E-state index is 0.351. The third kappa shape index (κ3) is 3.20. The molecule has 0 unspecified atom stereocenters. The summed E-state index contributed by atoms with van der Waals surface area (Å²) in [4.78, 5) is 0. The van der Waals surface area contributed by atoms with E-state index in [1.807, 2.05) is 18.2 Å². The van der Waals surface area contributed by atoms with Gasteiger partial charge in [-0.1, -0.05) is 12.1 Å². The Kier molecular flexibility index (Phi) is 4.02. The van der Waals surface area contributed by atoms with Crippen LogP contribution in [0.25, 0.3) is 0 Å². The van der Waals surface area contributed by atoms with Crippen molar-refractivity contribution >= 4 is 27.5 Å². The first-order chi connectivity index (χ1) is 8.19. The summed E-state index contributed by atoms with van der Waals surface area (Å²) in [7, 11) is 0. The number of benzene rings is 2. The Labute approximate surface area is 112 Å². The van der Waals surface area contributed by atoms with E-state index in [9.17, 15) is 4.39 Å². The zero-order valence-electron chi connectivity index (χ0n) is 8.79. The molecule has 17 heavy (non-hydrogen) atoms. The molecule has 0 heterocycles. The topological polar surface area (TPSA) is 9.23 Å². The van der Waals surface area contributed by atoms with Crippen LogP contribution >= 0.6 is 27.5 Å². The van der Waals surface area contributed by atoms with Crippen LogP contribution in [0.1, 0.15) is 5.56 Å². The maximum atomic E-state index is 13.3. The fraction of sp³-hybridized carbons (Fsp3) is 0.0769. The van der Waals surface area contributed by atoms with Gasteiger partial charge in [0.1, 0.15) is 17.3 Å². The number of alkyl halides is 1. The lowest BCUT2D eigenvalue weighted by Gasteiger charge is -2.07. The van der Waals surface area contributed by atoms with Gasteiger partial charge in [-0.3, -0.25) is 0 Å². The van der Waals surface area contributed by atoms with Gasteiger partial charge in [0.2, 0.25) is 0 Å². The van der Waals surface area contributed by atoms with Crippen LogP contribution < -0.4 is 4.74 Å². The Morgan fingerprint density at radius 2 is 1.88 bits per heavy atom. The quantitative estimate of drug-likeness (QED) is 0.714. The van der Waals surface area contributed by atoms with Crippen molar-refractivity contribution in [3.8, 4) is 11.5 Å². The summed E-state index contributed by atoms with van der Waals surface area (Å²) in [5.74, 6) is 1.17. The molecule has 0 bridgehead atoms. The van der Waals surface area contributed by atoms with E-state index in [1.54, 1.807) is 18.2 Å². The van der Waals surface area contributed by atoms with Gasteiger partial charge < -0.3 is 4.74 Å². The van der Waals surface area contributed by atoms with Crippen molar-refractivity contribution in [1.82, 2.24) is 0 Å². The second kappa shape index (κ2) is 5.52. The van der Waals surface area contributed by atoms with Gasteiger partial charge in [-0.05, 0) is 45.8 Å². The molecule has 0 aliphatic carbocycles. The van der Waals surface area contributed by atoms with E-state index < -0.39 is 0 Å². The summed E-state index contributed by atoms with van der Waals surface area (Å²) in [6.45, 7) is 0. The van der Waals surface area contributed by atoms with Gasteiger partial charge in [0.25, 0.3) is 0 Å². The standard InChI is InChI=1S/C13H9BrClFO/c14-12-5-4-11(7-13(12)16)17-10-3-1-2-9(6-10)8-15/h1-7H,8H2. The van der Waals surface area contributed by atoms with E-state index in [2.05, 4.69) is 15.9 Å².